The summed E-state index contributed by atoms with van der Waals surface area (Å²) < 4.78 is 13.4. The maximum Gasteiger partial charge on any atom is 0.516 e. The van der Waals surface area contributed by atoms with Gasteiger partial charge in [0.05, 0.1) is 16.8 Å². The van der Waals surface area contributed by atoms with Crippen molar-refractivity contribution in [1.82, 2.24) is 19.6 Å². The summed E-state index contributed by atoms with van der Waals surface area (Å²) in [6.45, 7) is 7.99. The number of aromatic nitrogens is 4. The summed E-state index contributed by atoms with van der Waals surface area (Å²) in [5, 5.41) is 4.06. The number of hydrogen-bond acceptors (Lipinski definition) is 6. The molecular weight excluding hydrogens is 245 g/mol. The van der Waals surface area contributed by atoms with Gasteiger partial charge in [0.1, 0.15) is 6.33 Å². The Kier molecular flexibility index (Phi) is 2.39. The van der Waals surface area contributed by atoms with E-state index in [0.29, 0.717) is 17.1 Å². The van der Waals surface area contributed by atoms with Crippen LogP contribution >= 0.6 is 0 Å². The third kappa shape index (κ3) is 1.79. The topological polar surface area (TPSA) is 87.6 Å². The van der Waals surface area contributed by atoms with Gasteiger partial charge < -0.3 is 15.0 Å². The van der Waals surface area contributed by atoms with Gasteiger partial charge in [-0.05, 0) is 27.7 Å². The van der Waals surface area contributed by atoms with Gasteiger partial charge in [0.15, 0.2) is 11.5 Å². The van der Waals surface area contributed by atoms with Gasteiger partial charge in [-0.2, -0.15) is 5.10 Å². The summed E-state index contributed by atoms with van der Waals surface area (Å²) in [4.78, 5) is 8.29. The summed E-state index contributed by atoms with van der Waals surface area (Å²) >= 11 is 0. The first-order valence-corrected chi connectivity index (χ1v) is 6.11. The molecule has 0 saturated carbocycles. The van der Waals surface area contributed by atoms with Crippen LogP contribution in [0.1, 0.15) is 27.7 Å². The van der Waals surface area contributed by atoms with E-state index >= 15 is 0 Å². The second-order valence-corrected chi connectivity index (χ2v) is 5.67. The maximum absolute atomic E-state index is 5.93. The molecule has 1 fully saturated rings. The average Bonchev–Trinajstić information content (AvgIpc) is 2.80. The lowest BCUT2D eigenvalue weighted by Gasteiger charge is -2.32. The minimum Gasteiger partial charge on any atom is -0.398 e. The van der Waals surface area contributed by atoms with Crippen LogP contribution in [0.15, 0.2) is 12.5 Å². The number of nitrogens with two attached hydrogens (primary N) is 1. The van der Waals surface area contributed by atoms with Crippen molar-refractivity contribution in [3.05, 3.63) is 12.5 Å². The first-order chi connectivity index (χ1) is 8.80. The van der Waals surface area contributed by atoms with Crippen LogP contribution < -0.4 is 11.3 Å². The van der Waals surface area contributed by atoms with Crippen molar-refractivity contribution < 1.29 is 9.31 Å². The Hall–Kier alpha value is -1.67. The Morgan fingerprint density at radius 2 is 1.84 bits per heavy atom. The van der Waals surface area contributed by atoms with Crippen molar-refractivity contribution in [3.8, 4) is 0 Å². The highest BCUT2D eigenvalue weighted by Crippen LogP contribution is 2.36. The van der Waals surface area contributed by atoms with Gasteiger partial charge in [-0.25, -0.2) is 14.5 Å². The van der Waals surface area contributed by atoms with E-state index in [1.54, 1.807) is 10.7 Å². The molecule has 0 bridgehead atoms. The third-order valence-electron chi connectivity index (χ3n) is 3.80. The lowest BCUT2D eigenvalue weighted by atomic mass is 9.86. The minimum absolute atomic E-state index is 0.331. The zero-order valence-corrected chi connectivity index (χ0v) is 11.4. The van der Waals surface area contributed by atoms with E-state index in [1.165, 1.54) is 6.33 Å². The first-order valence-electron chi connectivity index (χ1n) is 6.11. The van der Waals surface area contributed by atoms with Gasteiger partial charge in [-0.15, -0.1) is 0 Å². The Balaban J connectivity index is 2.01. The third-order valence-corrected chi connectivity index (χ3v) is 3.80. The van der Waals surface area contributed by atoms with E-state index in [1.807, 2.05) is 27.7 Å². The number of rotatable bonds is 1. The molecule has 19 heavy (non-hydrogen) atoms. The van der Waals surface area contributed by atoms with Gasteiger partial charge in [-0.1, -0.05) is 0 Å². The molecule has 2 aromatic rings. The molecule has 0 aliphatic carbocycles. The highest BCUT2D eigenvalue weighted by Gasteiger charge is 2.52. The molecule has 1 saturated heterocycles. The van der Waals surface area contributed by atoms with Crippen molar-refractivity contribution in [2.75, 3.05) is 5.73 Å². The average molecular weight is 261 g/mol. The van der Waals surface area contributed by atoms with Crippen LogP contribution in [0.2, 0.25) is 0 Å². The number of imidazole rings is 1. The molecule has 8 heteroatoms. The number of hydrogen-bond donors (Lipinski definition) is 1. The second kappa shape index (κ2) is 3.67. The standard InChI is InChI=1S/C11H16BN5O2/c1-10(2)11(3,4)19-12(18-10)7-5-17-9(16-7)8(13)14-6-15-17/h5-6H,1-4H3,(H2,13,14,15). The molecule has 1 aliphatic rings. The lowest BCUT2D eigenvalue weighted by molar-refractivity contribution is 0.00578. The fourth-order valence-electron chi connectivity index (χ4n) is 1.93. The Bertz CT molecular complexity index is 623. The van der Waals surface area contributed by atoms with Crippen molar-refractivity contribution >= 4 is 24.2 Å². The normalized spacial score (nSPS) is 21.2. The molecule has 0 amide bonds. The Morgan fingerprint density at radius 3 is 2.42 bits per heavy atom. The molecular formula is C11H16BN5O2. The predicted octanol–water partition coefficient (Wildman–Crippen LogP) is 0.00570. The molecule has 1 aliphatic heterocycles. The molecule has 0 aromatic carbocycles. The van der Waals surface area contributed by atoms with Crippen LogP contribution in [-0.2, 0) is 9.31 Å². The minimum atomic E-state index is -0.522. The zero-order chi connectivity index (χ0) is 13.8. The van der Waals surface area contributed by atoms with Crippen molar-refractivity contribution in [2.24, 2.45) is 0 Å². The molecule has 3 rings (SSSR count). The molecule has 2 aromatic heterocycles. The molecule has 100 valence electrons. The molecule has 0 atom stereocenters. The summed E-state index contributed by atoms with van der Waals surface area (Å²) in [7, 11) is -0.522. The number of anilines is 1. The molecule has 0 unspecified atom stereocenters. The number of nitrogen functional groups attached to an aromatic ring is 1. The van der Waals surface area contributed by atoms with E-state index < -0.39 is 18.3 Å². The highest BCUT2D eigenvalue weighted by molar-refractivity contribution is 6.61. The van der Waals surface area contributed by atoms with E-state index in [0.717, 1.165) is 0 Å². The molecule has 0 radical (unpaired) electrons. The Morgan fingerprint density at radius 1 is 1.21 bits per heavy atom. The summed E-state index contributed by atoms with van der Waals surface area (Å²) in [6, 6.07) is 0. The van der Waals surface area contributed by atoms with Gasteiger partial charge in [0.2, 0.25) is 0 Å². The van der Waals surface area contributed by atoms with Crippen LogP contribution in [0, 0.1) is 0 Å². The van der Waals surface area contributed by atoms with Crippen LogP contribution in [0.3, 0.4) is 0 Å². The number of nitrogens with zero attached hydrogens (tertiary/aromatic N) is 4. The monoisotopic (exact) mass is 261 g/mol. The highest BCUT2D eigenvalue weighted by atomic mass is 16.7. The molecule has 3 heterocycles. The van der Waals surface area contributed by atoms with Gasteiger partial charge in [0.25, 0.3) is 0 Å². The van der Waals surface area contributed by atoms with Crippen LogP contribution in [0.4, 0.5) is 5.82 Å². The molecule has 0 spiro atoms. The fraction of sp³-hybridized carbons (Fsp3) is 0.545. The largest absolute Gasteiger partial charge is 0.516 e. The molecule has 7 nitrogen and oxygen atoms in total. The van der Waals surface area contributed by atoms with Crippen LogP contribution in [-0.4, -0.2) is 37.9 Å². The second-order valence-electron chi connectivity index (χ2n) is 5.67. The number of fused-ring (bicyclic) bond motifs is 1. The lowest BCUT2D eigenvalue weighted by Crippen LogP contribution is -2.41. The zero-order valence-electron chi connectivity index (χ0n) is 11.4. The van der Waals surface area contributed by atoms with E-state index in [9.17, 15) is 0 Å². The molecule has 2 N–H and O–H groups in total. The van der Waals surface area contributed by atoms with Crippen molar-refractivity contribution in [1.29, 1.82) is 0 Å². The summed E-state index contributed by atoms with van der Waals surface area (Å²) in [5.74, 6) is 0.331. The summed E-state index contributed by atoms with van der Waals surface area (Å²) in [6.07, 6.45) is 3.13. The maximum atomic E-state index is 5.93. The summed E-state index contributed by atoms with van der Waals surface area (Å²) in [5.41, 5.74) is 6.11. The Labute approximate surface area is 111 Å². The van der Waals surface area contributed by atoms with E-state index in [-0.39, 0.29) is 0 Å². The smallest absolute Gasteiger partial charge is 0.398 e. The first kappa shape index (κ1) is 12.4. The van der Waals surface area contributed by atoms with Gasteiger partial charge in [0, 0.05) is 6.20 Å². The predicted molar refractivity (Wildman–Crippen MR) is 70.9 cm³/mol. The quantitative estimate of drug-likeness (QED) is 0.727. The van der Waals surface area contributed by atoms with Gasteiger partial charge in [-0.3, -0.25) is 0 Å². The fourth-order valence-corrected chi connectivity index (χ4v) is 1.93. The van der Waals surface area contributed by atoms with Crippen LogP contribution in [0.25, 0.3) is 5.65 Å². The van der Waals surface area contributed by atoms with Crippen molar-refractivity contribution in [2.45, 2.75) is 38.9 Å². The van der Waals surface area contributed by atoms with E-state index in [2.05, 4.69) is 15.1 Å². The van der Waals surface area contributed by atoms with Crippen molar-refractivity contribution in [3.63, 3.8) is 0 Å². The van der Waals surface area contributed by atoms with E-state index in [4.69, 9.17) is 15.0 Å². The SMILES string of the molecule is CC1(C)OB(c2cn3ncnc(N)c3n2)OC1(C)C. The van der Waals surface area contributed by atoms with Gasteiger partial charge >= 0.3 is 7.12 Å². The van der Waals surface area contributed by atoms with Crippen LogP contribution in [0.5, 0.6) is 0 Å².